The van der Waals surface area contributed by atoms with Crippen LogP contribution in [0.3, 0.4) is 0 Å². The van der Waals surface area contributed by atoms with Crippen molar-refractivity contribution in [1.82, 2.24) is 14.6 Å². The van der Waals surface area contributed by atoms with Crippen LogP contribution in [0.1, 0.15) is 37.4 Å². The van der Waals surface area contributed by atoms with E-state index in [1.807, 2.05) is 25.1 Å². The van der Waals surface area contributed by atoms with E-state index in [1.165, 1.54) is 27.5 Å². The van der Waals surface area contributed by atoms with Crippen molar-refractivity contribution < 1.29 is 4.79 Å². The number of benzene rings is 1. The summed E-state index contributed by atoms with van der Waals surface area (Å²) in [6, 6.07) is 11.5. The second kappa shape index (κ2) is 7.60. The van der Waals surface area contributed by atoms with Gasteiger partial charge in [-0.05, 0) is 31.2 Å². The van der Waals surface area contributed by atoms with Crippen LogP contribution in [-0.2, 0) is 17.6 Å². The standard InChI is InChI=1S/C20H22N4O2S/c1-2-15-13-18(26)24-19(21-15)27-20(22-24)23-12-6-9-16(23)17(25)11-10-14-7-4-3-5-8-14/h3-5,7-8,13,16H,2,6,9-12H2,1H3/t16-/m1/s1. The monoisotopic (exact) mass is 382 g/mol. The number of aryl methyl sites for hydroxylation is 2. The van der Waals surface area contributed by atoms with Crippen LogP contribution in [0, 0.1) is 0 Å². The van der Waals surface area contributed by atoms with Gasteiger partial charge in [-0.1, -0.05) is 48.6 Å². The van der Waals surface area contributed by atoms with Gasteiger partial charge in [-0.2, -0.15) is 4.52 Å². The quantitative estimate of drug-likeness (QED) is 0.656. The minimum absolute atomic E-state index is 0.157. The first-order chi connectivity index (χ1) is 13.2. The lowest BCUT2D eigenvalue weighted by atomic mass is 10.0. The highest BCUT2D eigenvalue weighted by Crippen LogP contribution is 2.30. The zero-order valence-corrected chi connectivity index (χ0v) is 16.1. The predicted molar refractivity (Wildman–Crippen MR) is 107 cm³/mol. The fourth-order valence-corrected chi connectivity index (χ4v) is 4.55. The highest BCUT2D eigenvalue weighted by Gasteiger charge is 2.32. The Kier molecular flexibility index (Phi) is 5.03. The number of aromatic nitrogens is 3. The van der Waals surface area contributed by atoms with Crippen LogP contribution in [0.5, 0.6) is 0 Å². The lowest BCUT2D eigenvalue weighted by molar-refractivity contribution is -0.120. The lowest BCUT2D eigenvalue weighted by Gasteiger charge is -2.22. The fraction of sp³-hybridized carbons (Fsp3) is 0.400. The summed E-state index contributed by atoms with van der Waals surface area (Å²) < 4.78 is 1.35. The third-order valence-electron chi connectivity index (χ3n) is 5.02. The number of anilines is 1. The summed E-state index contributed by atoms with van der Waals surface area (Å²) in [6.45, 7) is 2.76. The molecule has 0 saturated carbocycles. The van der Waals surface area contributed by atoms with Gasteiger partial charge in [0.05, 0.1) is 6.04 Å². The third kappa shape index (κ3) is 3.64. The Morgan fingerprint density at radius 3 is 2.89 bits per heavy atom. The number of ketones is 1. The average Bonchev–Trinajstić information content (AvgIpc) is 3.33. The Hall–Kier alpha value is -2.54. The van der Waals surface area contributed by atoms with E-state index in [2.05, 4.69) is 27.1 Å². The van der Waals surface area contributed by atoms with Gasteiger partial charge in [-0.25, -0.2) is 4.98 Å². The molecule has 1 atom stereocenters. The topological polar surface area (TPSA) is 67.6 Å². The smallest absolute Gasteiger partial charge is 0.275 e. The number of Topliss-reactive ketones (excluding diaryl/α,β-unsaturated/α-hetero) is 1. The molecule has 0 spiro atoms. The van der Waals surface area contributed by atoms with Gasteiger partial charge < -0.3 is 4.90 Å². The SMILES string of the molecule is CCc1cc(=O)n2nc(N3CCC[C@@H]3C(=O)CCc3ccccc3)sc2n1. The van der Waals surface area contributed by atoms with Gasteiger partial charge in [-0.15, -0.1) is 5.10 Å². The number of nitrogens with zero attached hydrogens (tertiary/aromatic N) is 4. The average molecular weight is 382 g/mol. The van der Waals surface area contributed by atoms with E-state index >= 15 is 0 Å². The van der Waals surface area contributed by atoms with Gasteiger partial charge in [0.25, 0.3) is 5.56 Å². The molecule has 27 heavy (non-hydrogen) atoms. The van der Waals surface area contributed by atoms with Crippen molar-refractivity contribution in [2.24, 2.45) is 0 Å². The van der Waals surface area contributed by atoms with Crippen LogP contribution in [0.25, 0.3) is 4.96 Å². The molecule has 0 N–H and O–H groups in total. The van der Waals surface area contributed by atoms with Gasteiger partial charge in [0.15, 0.2) is 5.78 Å². The minimum Gasteiger partial charge on any atom is -0.337 e. The second-order valence-corrected chi connectivity index (χ2v) is 7.76. The number of hydrogen-bond donors (Lipinski definition) is 0. The van der Waals surface area contributed by atoms with E-state index in [9.17, 15) is 9.59 Å². The molecule has 1 aliphatic heterocycles. The molecular weight excluding hydrogens is 360 g/mol. The summed E-state index contributed by atoms with van der Waals surface area (Å²) in [5.41, 5.74) is 1.79. The molecule has 0 amide bonds. The molecule has 140 valence electrons. The number of carbonyl (C=O) groups is 1. The highest BCUT2D eigenvalue weighted by atomic mass is 32.1. The molecule has 1 aliphatic rings. The fourth-order valence-electron chi connectivity index (χ4n) is 3.55. The molecular formula is C20H22N4O2S. The summed E-state index contributed by atoms with van der Waals surface area (Å²) in [6.07, 6.45) is 3.79. The maximum Gasteiger partial charge on any atom is 0.275 e. The Morgan fingerprint density at radius 1 is 1.30 bits per heavy atom. The molecule has 3 heterocycles. The molecule has 0 radical (unpaired) electrons. The number of fused-ring (bicyclic) bond motifs is 1. The van der Waals surface area contributed by atoms with E-state index in [4.69, 9.17) is 0 Å². The molecule has 0 unspecified atom stereocenters. The molecule has 6 nitrogen and oxygen atoms in total. The van der Waals surface area contributed by atoms with E-state index in [1.54, 1.807) is 0 Å². The Morgan fingerprint density at radius 2 is 2.11 bits per heavy atom. The molecule has 1 aromatic carbocycles. The summed E-state index contributed by atoms with van der Waals surface area (Å²) in [5.74, 6) is 0.241. The Labute approximate surface area is 161 Å². The lowest BCUT2D eigenvalue weighted by Crippen LogP contribution is -2.36. The third-order valence-corrected chi connectivity index (χ3v) is 5.97. The Balaban J connectivity index is 1.54. The number of hydrogen-bond acceptors (Lipinski definition) is 6. The largest absolute Gasteiger partial charge is 0.337 e. The van der Waals surface area contributed by atoms with Crippen LogP contribution in [0.4, 0.5) is 5.13 Å². The molecule has 0 aliphatic carbocycles. The van der Waals surface area contributed by atoms with Gasteiger partial charge in [0.2, 0.25) is 10.1 Å². The van der Waals surface area contributed by atoms with Gasteiger partial charge in [0.1, 0.15) is 0 Å². The highest BCUT2D eigenvalue weighted by molar-refractivity contribution is 7.20. The number of carbonyl (C=O) groups excluding carboxylic acids is 1. The first kappa shape index (κ1) is 17.9. The number of rotatable bonds is 6. The van der Waals surface area contributed by atoms with E-state index in [-0.39, 0.29) is 17.4 Å². The maximum absolute atomic E-state index is 12.8. The zero-order valence-electron chi connectivity index (χ0n) is 15.3. The first-order valence-corrected chi connectivity index (χ1v) is 10.2. The van der Waals surface area contributed by atoms with Crippen molar-refractivity contribution in [2.45, 2.75) is 45.1 Å². The molecule has 2 aromatic heterocycles. The summed E-state index contributed by atoms with van der Waals surface area (Å²) in [7, 11) is 0. The molecule has 1 fully saturated rings. The van der Waals surface area contributed by atoms with Gasteiger partial charge >= 0.3 is 0 Å². The molecule has 4 rings (SSSR count). The summed E-state index contributed by atoms with van der Waals surface area (Å²) in [4.78, 5) is 32.2. The van der Waals surface area contributed by atoms with E-state index in [0.29, 0.717) is 22.9 Å². The van der Waals surface area contributed by atoms with Crippen LogP contribution in [0.15, 0.2) is 41.2 Å². The van der Waals surface area contributed by atoms with Crippen molar-refractivity contribution in [3.05, 3.63) is 58.0 Å². The maximum atomic E-state index is 12.8. The predicted octanol–water partition coefficient (Wildman–Crippen LogP) is 2.88. The van der Waals surface area contributed by atoms with E-state index < -0.39 is 0 Å². The molecule has 1 saturated heterocycles. The molecule has 0 bridgehead atoms. The summed E-state index contributed by atoms with van der Waals surface area (Å²) in [5, 5.41) is 5.17. The first-order valence-electron chi connectivity index (χ1n) is 9.39. The second-order valence-electron chi connectivity index (χ2n) is 6.82. The van der Waals surface area contributed by atoms with Crippen LogP contribution < -0.4 is 10.5 Å². The van der Waals surface area contributed by atoms with Crippen molar-refractivity contribution in [3.8, 4) is 0 Å². The Bertz CT molecular complexity index is 1010. The van der Waals surface area contributed by atoms with Crippen LogP contribution in [-0.4, -0.2) is 33.0 Å². The van der Waals surface area contributed by atoms with Crippen molar-refractivity contribution in [1.29, 1.82) is 0 Å². The van der Waals surface area contributed by atoms with Crippen LogP contribution >= 0.6 is 11.3 Å². The normalized spacial score (nSPS) is 16.9. The zero-order chi connectivity index (χ0) is 18.8. The van der Waals surface area contributed by atoms with Crippen molar-refractivity contribution >= 4 is 27.2 Å². The van der Waals surface area contributed by atoms with Crippen molar-refractivity contribution in [2.75, 3.05) is 11.4 Å². The molecule has 3 aromatic rings. The van der Waals surface area contributed by atoms with Crippen molar-refractivity contribution in [3.63, 3.8) is 0 Å². The minimum atomic E-state index is -0.162. The van der Waals surface area contributed by atoms with Gasteiger partial charge in [-0.3, -0.25) is 9.59 Å². The molecule has 7 heteroatoms. The van der Waals surface area contributed by atoms with E-state index in [0.717, 1.165) is 31.5 Å². The van der Waals surface area contributed by atoms with Crippen LogP contribution in [0.2, 0.25) is 0 Å². The van der Waals surface area contributed by atoms with Gasteiger partial charge in [0, 0.05) is 24.7 Å². The summed E-state index contributed by atoms with van der Waals surface area (Å²) >= 11 is 1.39.